The van der Waals surface area contributed by atoms with Crippen LogP contribution in [0.15, 0.2) is 30.5 Å². The van der Waals surface area contributed by atoms with Gasteiger partial charge in [-0.2, -0.15) is 19.0 Å². The number of aromatic nitrogens is 6. The zero-order valence-electron chi connectivity index (χ0n) is 16.6. The van der Waals surface area contributed by atoms with Crippen LogP contribution < -0.4 is 17.2 Å². The van der Waals surface area contributed by atoms with Crippen LogP contribution in [0.2, 0.25) is 0 Å². The summed E-state index contributed by atoms with van der Waals surface area (Å²) in [6.45, 7) is -0.332. The molecule has 6 N–H and O–H groups in total. The van der Waals surface area contributed by atoms with Crippen molar-refractivity contribution in [2.45, 2.75) is 18.9 Å². The fourth-order valence-corrected chi connectivity index (χ4v) is 3.15. The maximum atomic E-state index is 14.1. The highest BCUT2D eigenvalue weighted by molar-refractivity contribution is 5.89. The van der Waals surface area contributed by atoms with Gasteiger partial charge in [-0.15, -0.1) is 5.10 Å². The van der Waals surface area contributed by atoms with Crippen molar-refractivity contribution in [3.8, 4) is 11.5 Å². The Hall–Kier alpha value is -4.36. The van der Waals surface area contributed by atoms with Gasteiger partial charge in [-0.1, -0.05) is 6.07 Å². The summed E-state index contributed by atoms with van der Waals surface area (Å²) in [4.78, 5) is 18.9. The summed E-state index contributed by atoms with van der Waals surface area (Å²) in [5.74, 6) is -8.31. The van der Waals surface area contributed by atoms with E-state index in [4.69, 9.17) is 17.2 Å². The number of amides is 1. The summed E-state index contributed by atoms with van der Waals surface area (Å²) in [6.07, 6.45) is 0.156. The van der Waals surface area contributed by atoms with Gasteiger partial charge in [0.25, 0.3) is 5.91 Å². The van der Waals surface area contributed by atoms with Gasteiger partial charge in [0.2, 0.25) is 0 Å². The largest absolute Gasteiger partial charge is 0.383 e. The first kappa shape index (κ1) is 21.9. The molecule has 0 saturated carbocycles. The molecule has 0 aliphatic heterocycles. The summed E-state index contributed by atoms with van der Waals surface area (Å²) in [7, 11) is 0. The molecule has 1 amide bonds. The maximum absolute atomic E-state index is 14.1. The van der Waals surface area contributed by atoms with Crippen LogP contribution >= 0.6 is 0 Å². The quantitative estimate of drug-likeness (QED) is 0.363. The van der Waals surface area contributed by atoms with Crippen LogP contribution in [0.3, 0.4) is 0 Å². The lowest BCUT2D eigenvalue weighted by Gasteiger charge is -2.15. The smallest absolute Gasteiger partial charge is 0.328 e. The standard InChI is InChI=1S/C19H15F4N9O/c20-11-2-1-3-12(21)10(11)7-32-17-8(4-5-27-30-17)13(31-32)16-28-14(24)9(15(25)29-16)6-19(22,23)18(26)33/h1-5H,6-7H2,(H2,26,33)(H4,24,25,28,29). The first-order chi connectivity index (χ1) is 15.6. The molecular weight excluding hydrogens is 446 g/mol. The van der Waals surface area contributed by atoms with E-state index in [-0.39, 0.29) is 34.8 Å². The molecule has 4 rings (SSSR count). The van der Waals surface area contributed by atoms with Crippen LogP contribution in [-0.4, -0.2) is 41.8 Å². The molecular formula is C19H15F4N9O. The average molecular weight is 461 g/mol. The molecule has 0 bridgehead atoms. The van der Waals surface area contributed by atoms with Crippen LogP contribution in [-0.2, 0) is 17.8 Å². The monoisotopic (exact) mass is 461 g/mol. The molecule has 10 nitrogen and oxygen atoms in total. The van der Waals surface area contributed by atoms with Crippen molar-refractivity contribution in [1.29, 1.82) is 0 Å². The van der Waals surface area contributed by atoms with Gasteiger partial charge in [0.05, 0.1) is 24.5 Å². The summed E-state index contributed by atoms with van der Waals surface area (Å²) < 4.78 is 57.0. The minimum atomic E-state index is -3.92. The lowest BCUT2D eigenvalue weighted by Crippen LogP contribution is -2.38. The van der Waals surface area contributed by atoms with Gasteiger partial charge < -0.3 is 17.2 Å². The Morgan fingerprint density at radius 1 is 1.03 bits per heavy atom. The van der Waals surface area contributed by atoms with Gasteiger partial charge in [-0.3, -0.25) is 4.79 Å². The van der Waals surface area contributed by atoms with E-state index >= 15 is 0 Å². The number of carbonyl (C=O) groups excluding carboxylic acids is 1. The molecule has 1 aromatic carbocycles. The van der Waals surface area contributed by atoms with Crippen molar-refractivity contribution in [3.63, 3.8) is 0 Å². The Bertz CT molecular complexity index is 1350. The third kappa shape index (κ3) is 3.97. The first-order valence-corrected chi connectivity index (χ1v) is 9.29. The zero-order chi connectivity index (χ0) is 23.9. The molecule has 0 atom stereocenters. The summed E-state index contributed by atoms with van der Waals surface area (Å²) in [6, 6.07) is 4.93. The van der Waals surface area contributed by atoms with E-state index in [2.05, 4.69) is 25.3 Å². The molecule has 0 aliphatic rings. The number of rotatable bonds is 6. The van der Waals surface area contributed by atoms with E-state index in [1.54, 1.807) is 0 Å². The summed E-state index contributed by atoms with van der Waals surface area (Å²) in [5.41, 5.74) is 15.9. The van der Waals surface area contributed by atoms with Gasteiger partial charge in [0.1, 0.15) is 29.0 Å². The van der Waals surface area contributed by atoms with Gasteiger partial charge in [-0.05, 0) is 18.2 Å². The Kier molecular flexibility index (Phi) is 5.27. The fraction of sp³-hybridized carbons (Fsp3) is 0.158. The minimum Gasteiger partial charge on any atom is -0.383 e. The number of nitrogen functional groups attached to an aromatic ring is 2. The topological polar surface area (TPSA) is 165 Å². The van der Waals surface area contributed by atoms with Crippen molar-refractivity contribution in [2.24, 2.45) is 5.73 Å². The third-order valence-corrected chi connectivity index (χ3v) is 4.83. The number of primary amides is 1. The summed E-state index contributed by atoms with van der Waals surface area (Å²) in [5, 5.41) is 12.3. The molecule has 170 valence electrons. The number of alkyl halides is 2. The lowest BCUT2D eigenvalue weighted by atomic mass is 10.1. The number of nitrogens with two attached hydrogens (primary N) is 3. The molecule has 33 heavy (non-hydrogen) atoms. The number of benzene rings is 1. The highest BCUT2D eigenvalue weighted by Crippen LogP contribution is 2.30. The lowest BCUT2D eigenvalue weighted by molar-refractivity contribution is -0.141. The van der Waals surface area contributed by atoms with E-state index in [0.717, 1.165) is 12.1 Å². The maximum Gasteiger partial charge on any atom is 0.328 e. The highest BCUT2D eigenvalue weighted by atomic mass is 19.3. The molecule has 3 aromatic heterocycles. The molecule has 0 radical (unpaired) electrons. The molecule has 0 spiro atoms. The second kappa shape index (κ2) is 7.96. The summed E-state index contributed by atoms with van der Waals surface area (Å²) >= 11 is 0. The van der Waals surface area contributed by atoms with Crippen LogP contribution in [0.1, 0.15) is 11.1 Å². The Labute approximate surface area is 182 Å². The Morgan fingerprint density at radius 2 is 1.67 bits per heavy atom. The number of hydrogen-bond acceptors (Lipinski definition) is 8. The van der Waals surface area contributed by atoms with Crippen molar-refractivity contribution in [2.75, 3.05) is 11.5 Å². The second-order valence-corrected chi connectivity index (χ2v) is 7.02. The van der Waals surface area contributed by atoms with Gasteiger partial charge in [-0.25, -0.2) is 23.4 Å². The SMILES string of the molecule is NC(=O)C(F)(F)Cc1c(N)nc(-c2nn(Cc3c(F)cccc3F)c3nnccc23)nc1N. The molecule has 0 fully saturated rings. The van der Waals surface area contributed by atoms with E-state index in [9.17, 15) is 22.4 Å². The first-order valence-electron chi connectivity index (χ1n) is 9.29. The molecule has 0 saturated heterocycles. The van der Waals surface area contributed by atoms with Gasteiger partial charge >= 0.3 is 5.92 Å². The highest BCUT2D eigenvalue weighted by Gasteiger charge is 2.38. The number of nitrogens with zero attached hydrogens (tertiary/aromatic N) is 6. The predicted molar refractivity (Wildman–Crippen MR) is 108 cm³/mol. The van der Waals surface area contributed by atoms with Crippen LogP contribution in [0.4, 0.5) is 29.2 Å². The van der Waals surface area contributed by atoms with Crippen molar-refractivity contribution >= 4 is 28.6 Å². The van der Waals surface area contributed by atoms with Crippen LogP contribution in [0.5, 0.6) is 0 Å². The van der Waals surface area contributed by atoms with Crippen molar-refractivity contribution < 1.29 is 22.4 Å². The number of hydrogen-bond donors (Lipinski definition) is 3. The molecule has 3 heterocycles. The Morgan fingerprint density at radius 3 is 2.27 bits per heavy atom. The number of halogens is 4. The number of carbonyl (C=O) groups is 1. The van der Waals surface area contributed by atoms with E-state index < -0.39 is 41.5 Å². The number of anilines is 2. The van der Waals surface area contributed by atoms with E-state index in [1.165, 1.54) is 23.0 Å². The average Bonchev–Trinajstić information content (AvgIpc) is 3.12. The minimum absolute atomic E-state index is 0.0725. The van der Waals surface area contributed by atoms with Crippen LogP contribution in [0.25, 0.3) is 22.6 Å². The second-order valence-electron chi connectivity index (χ2n) is 7.02. The molecule has 4 aromatic rings. The molecule has 0 aliphatic carbocycles. The Balaban J connectivity index is 1.80. The molecule has 0 unspecified atom stereocenters. The van der Waals surface area contributed by atoms with Crippen LogP contribution in [0, 0.1) is 11.6 Å². The van der Waals surface area contributed by atoms with Gasteiger partial charge in [0.15, 0.2) is 11.5 Å². The van der Waals surface area contributed by atoms with Crippen molar-refractivity contribution in [1.82, 2.24) is 29.9 Å². The zero-order valence-corrected chi connectivity index (χ0v) is 16.6. The third-order valence-electron chi connectivity index (χ3n) is 4.83. The molecule has 14 heteroatoms. The fourth-order valence-electron chi connectivity index (χ4n) is 3.15. The number of fused-ring (bicyclic) bond motifs is 1. The van der Waals surface area contributed by atoms with Gasteiger partial charge in [0, 0.05) is 11.1 Å². The van der Waals surface area contributed by atoms with E-state index in [1.807, 2.05) is 0 Å². The van der Waals surface area contributed by atoms with Crippen molar-refractivity contribution in [3.05, 3.63) is 53.2 Å². The predicted octanol–water partition coefficient (Wildman–Crippen LogP) is 1.44. The van der Waals surface area contributed by atoms with E-state index in [0.29, 0.717) is 5.39 Å². The normalized spacial score (nSPS) is 11.8.